The van der Waals surface area contributed by atoms with Crippen LogP contribution in [0.4, 0.5) is 0 Å². The van der Waals surface area contributed by atoms with Gasteiger partial charge in [0.05, 0.1) is 30.6 Å². The zero-order chi connectivity index (χ0) is 15.7. The number of pyridine rings is 1. The Bertz CT molecular complexity index is 901. The second-order valence-electron chi connectivity index (χ2n) is 4.63. The molecule has 0 radical (unpaired) electrons. The van der Waals surface area contributed by atoms with Gasteiger partial charge in [0.25, 0.3) is 0 Å². The molecule has 2 aromatic heterocycles. The summed E-state index contributed by atoms with van der Waals surface area (Å²) in [6.07, 6.45) is 4.31. The predicted octanol–water partition coefficient (Wildman–Crippen LogP) is 1.97. The molecule has 0 aliphatic heterocycles. The van der Waals surface area contributed by atoms with Crippen LogP contribution in [0, 0.1) is 0 Å². The Morgan fingerprint density at radius 2 is 2.05 bits per heavy atom. The van der Waals surface area contributed by atoms with E-state index in [1.165, 1.54) is 13.2 Å². The summed E-state index contributed by atoms with van der Waals surface area (Å²) in [6, 6.07) is 6.55. The molecule has 1 N–H and O–H groups in total. The number of hydrogen-bond donors (Lipinski definition) is 1. The lowest BCUT2D eigenvalue weighted by molar-refractivity contribution is 0.413. The molecule has 1 aromatic carbocycles. The maximum Gasteiger partial charge on any atom is 0.306 e. The van der Waals surface area contributed by atoms with Crippen LogP contribution in [0.5, 0.6) is 11.5 Å². The molecule has 0 aliphatic carbocycles. The summed E-state index contributed by atoms with van der Waals surface area (Å²) < 4.78 is 32.5. The molecular weight excluding hydrogens is 306 g/mol. The standard InChI is InChI=1S/C14H13N3O4S/c1-20-13-7-9(21-22(2,18)19)3-4-10(13)14-16-11-5-6-15-8-12(11)17-14/h3-8H,1-2H3,(H,16,17). The van der Waals surface area contributed by atoms with Crippen LogP contribution in [0.1, 0.15) is 0 Å². The zero-order valence-corrected chi connectivity index (χ0v) is 12.7. The third-order valence-electron chi connectivity index (χ3n) is 2.96. The minimum absolute atomic E-state index is 0.181. The maximum absolute atomic E-state index is 11.2. The van der Waals surface area contributed by atoms with E-state index in [4.69, 9.17) is 8.92 Å². The lowest BCUT2D eigenvalue weighted by atomic mass is 10.2. The fraction of sp³-hybridized carbons (Fsp3) is 0.143. The number of fused-ring (bicyclic) bond motifs is 1. The summed E-state index contributed by atoms with van der Waals surface area (Å²) in [6.45, 7) is 0. The van der Waals surface area contributed by atoms with Gasteiger partial charge in [-0.2, -0.15) is 8.42 Å². The lowest BCUT2D eigenvalue weighted by Gasteiger charge is -2.09. The fourth-order valence-electron chi connectivity index (χ4n) is 2.08. The van der Waals surface area contributed by atoms with E-state index in [1.54, 1.807) is 24.5 Å². The van der Waals surface area contributed by atoms with Crippen molar-refractivity contribution in [2.45, 2.75) is 0 Å². The van der Waals surface area contributed by atoms with Gasteiger partial charge in [0.1, 0.15) is 22.8 Å². The smallest absolute Gasteiger partial charge is 0.306 e. The molecular formula is C14H13N3O4S. The highest BCUT2D eigenvalue weighted by Crippen LogP contribution is 2.33. The minimum atomic E-state index is -3.59. The Morgan fingerprint density at radius 1 is 1.23 bits per heavy atom. The van der Waals surface area contributed by atoms with Crippen LogP contribution < -0.4 is 8.92 Å². The number of nitrogens with zero attached hydrogens (tertiary/aromatic N) is 2. The first-order valence-electron chi connectivity index (χ1n) is 6.34. The molecule has 0 unspecified atom stereocenters. The average Bonchev–Trinajstić information content (AvgIpc) is 2.89. The SMILES string of the molecule is COc1cc(OS(C)(=O)=O)ccc1-c1nc2cnccc2[nH]1. The molecule has 3 rings (SSSR count). The summed E-state index contributed by atoms with van der Waals surface area (Å²) >= 11 is 0. The van der Waals surface area contributed by atoms with Crippen molar-refractivity contribution in [3.05, 3.63) is 36.7 Å². The molecule has 0 bridgehead atoms. The first-order chi connectivity index (χ1) is 10.5. The van der Waals surface area contributed by atoms with Gasteiger partial charge in [0.15, 0.2) is 0 Å². The molecule has 0 saturated heterocycles. The van der Waals surface area contributed by atoms with Gasteiger partial charge >= 0.3 is 10.1 Å². The normalized spacial score (nSPS) is 11.5. The van der Waals surface area contributed by atoms with E-state index < -0.39 is 10.1 Å². The highest BCUT2D eigenvalue weighted by Gasteiger charge is 2.13. The van der Waals surface area contributed by atoms with Crippen molar-refractivity contribution in [3.8, 4) is 22.9 Å². The van der Waals surface area contributed by atoms with E-state index in [9.17, 15) is 8.42 Å². The van der Waals surface area contributed by atoms with E-state index in [-0.39, 0.29) is 5.75 Å². The molecule has 0 spiro atoms. The first kappa shape index (κ1) is 14.3. The van der Waals surface area contributed by atoms with Crippen LogP contribution in [-0.4, -0.2) is 36.7 Å². The van der Waals surface area contributed by atoms with Crippen LogP contribution >= 0.6 is 0 Å². The van der Waals surface area contributed by atoms with Crippen molar-refractivity contribution in [1.29, 1.82) is 0 Å². The largest absolute Gasteiger partial charge is 0.496 e. The number of aromatic nitrogens is 3. The van der Waals surface area contributed by atoms with Crippen LogP contribution in [0.15, 0.2) is 36.7 Å². The van der Waals surface area contributed by atoms with Crippen LogP contribution in [0.3, 0.4) is 0 Å². The van der Waals surface area contributed by atoms with E-state index in [0.29, 0.717) is 17.1 Å². The number of aromatic amines is 1. The lowest BCUT2D eigenvalue weighted by Crippen LogP contribution is -2.05. The fourth-order valence-corrected chi connectivity index (χ4v) is 2.53. The summed E-state index contributed by atoms with van der Waals surface area (Å²) in [4.78, 5) is 11.6. The number of benzene rings is 1. The molecule has 7 nitrogen and oxygen atoms in total. The topological polar surface area (TPSA) is 94.2 Å². The average molecular weight is 319 g/mol. The molecule has 22 heavy (non-hydrogen) atoms. The van der Waals surface area contributed by atoms with Crippen molar-refractivity contribution >= 4 is 21.2 Å². The van der Waals surface area contributed by atoms with Gasteiger partial charge in [-0.25, -0.2) is 4.98 Å². The Hall–Kier alpha value is -2.61. The Morgan fingerprint density at radius 3 is 2.73 bits per heavy atom. The molecule has 2 heterocycles. The molecule has 3 aromatic rings. The molecule has 114 valence electrons. The van der Waals surface area contributed by atoms with E-state index in [0.717, 1.165) is 17.3 Å². The van der Waals surface area contributed by atoms with Gasteiger partial charge in [-0.1, -0.05) is 0 Å². The Labute approximate surface area is 127 Å². The van der Waals surface area contributed by atoms with Crippen molar-refractivity contribution < 1.29 is 17.3 Å². The number of imidazole rings is 1. The zero-order valence-electron chi connectivity index (χ0n) is 11.9. The summed E-state index contributed by atoms with van der Waals surface area (Å²) in [5.41, 5.74) is 2.28. The predicted molar refractivity (Wildman–Crippen MR) is 81.3 cm³/mol. The second-order valence-corrected chi connectivity index (χ2v) is 6.20. The van der Waals surface area contributed by atoms with Gasteiger partial charge in [0, 0.05) is 12.3 Å². The summed E-state index contributed by atoms with van der Waals surface area (Å²) in [7, 11) is -2.09. The van der Waals surface area contributed by atoms with Crippen molar-refractivity contribution in [3.63, 3.8) is 0 Å². The van der Waals surface area contributed by atoms with Crippen LogP contribution in [-0.2, 0) is 10.1 Å². The number of nitrogens with one attached hydrogen (secondary N) is 1. The molecule has 0 fully saturated rings. The van der Waals surface area contributed by atoms with Crippen molar-refractivity contribution in [2.24, 2.45) is 0 Å². The van der Waals surface area contributed by atoms with Gasteiger partial charge in [0.2, 0.25) is 0 Å². The molecule has 0 atom stereocenters. The van der Waals surface area contributed by atoms with Gasteiger partial charge in [-0.3, -0.25) is 4.98 Å². The number of H-pyrrole nitrogens is 1. The van der Waals surface area contributed by atoms with Gasteiger partial charge < -0.3 is 13.9 Å². The number of hydrogen-bond acceptors (Lipinski definition) is 6. The third-order valence-corrected chi connectivity index (χ3v) is 3.46. The molecule has 0 saturated carbocycles. The van der Waals surface area contributed by atoms with E-state index >= 15 is 0 Å². The summed E-state index contributed by atoms with van der Waals surface area (Å²) in [5, 5.41) is 0. The minimum Gasteiger partial charge on any atom is -0.496 e. The quantitative estimate of drug-likeness (QED) is 0.739. The van der Waals surface area contributed by atoms with Crippen molar-refractivity contribution in [2.75, 3.05) is 13.4 Å². The first-order valence-corrected chi connectivity index (χ1v) is 8.15. The summed E-state index contributed by atoms with van der Waals surface area (Å²) in [5.74, 6) is 1.24. The van der Waals surface area contributed by atoms with Crippen molar-refractivity contribution in [1.82, 2.24) is 15.0 Å². The molecule has 0 aliphatic rings. The number of ether oxygens (including phenoxy) is 1. The van der Waals surface area contributed by atoms with Crippen LogP contribution in [0.25, 0.3) is 22.4 Å². The van der Waals surface area contributed by atoms with E-state index in [1.807, 2.05) is 6.07 Å². The Kier molecular flexibility index (Phi) is 3.45. The third kappa shape index (κ3) is 2.86. The highest BCUT2D eigenvalue weighted by atomic mass is 32.2. The second kappa shape index (κ2) is 5.30. The highest BCUT2D eigenvalue weighted by molar-refractivity contribution is 7.86. The number of rotatable bonds is 4. The van der Waals surface area contributed by atoms with E-state index in [2.05, 4.69) is 15.0 Å². The number of methoxy groups -OCH3 is 1. The van der Waals surface area contributed by atoms with Gasteiger partial charge in [-0.05, 0) is 18.2 Å². The van der Waals surface area contributed by atoms with Crippen LogP contribution in [0.2, 0.25) is 0 Å². The maximum atomic E-state index is 11.2. The molecule has 8 heteroatoms. The Balaban J connectivity index is 2.06. The molecule has 0 amide bonds. The van der Waals surface area contributed by atoms with Gasteiger partial charge in [-0.15, -0.1) is 0 Å². The monoisotopic (exact) mass is 319 g/mol.